The van der Waals surface area contributed by atoms with E-state index in [9.17, 15) is 4.79 Å². The normalized spacial score (nSPS) is 17.4. The van der Waals surface area contributed by atoms with Gasteiger partial charge in [-0.05, 0) is 18.2 Å². The molecule has 1 heterocycles. The fourth-order valence-electron chi connectivity index (χ4n) is 1.61. The van der Waals surface area contributed by atoms with Gasteiger partial charge in [0.15, 0.2) is 0 Å². The van der Waals surface area contributed by atoms with Crippen LogP contribution in [0.4, 0.5) is 0 Å². The van der Waals surface area contributed by atoms with Gasteiger partial charge in [0.2, 0.25) is 0 Å². The van der Waals surface area contributed by atoms with Crippen molar-refractivity contribution in [2.75, 3.05) is 19.8 Å². The Labute approximate surface area is 114 Å². The van der Waals surface area contributed by atoms with Crippen LogP contribution in [0.3, 0.4) is 0 Å². The van der Waals surface area contributed by atoms with Crippen LogP contribution in [0.1, 0.15) is 17.3 Å². The smallest absolute Gasteiger partial charge is 0.252 e. The van der Waals surface area contributed by atoms with Gasteiger partial charge >= 0.3 is 0 Å². The summed E-state index contributed by atoms with van der Waals surface area (Å²) in [6.45, 7) is 4.08. The van der Waals surface area contributed by atoms with Gasteiger partial charge in [-0.1, -0.05) is 34.5 Å². The van der Waals surface area contributed by atoms with Crippen LogP contribution in [0.15, 0.2) is 22.7 Å². The zero-order valence-corrected chi connectivity index (χ0v) is 11.8. The summed E-state index contributed by atoms with van der Waals surface area (Å²) >= 11 is 9.30. The van der Waals surface area contributed by atoms with Crippen LogP contribution in [0.5, 0.6) is 0 Å². The second-order valence-electron chi connectivity index (χ2n) is 4.61. The summed E-state index contributed by atoms with van der Waals surface area (Å²) in [5.41, 5.74) is 0.554. The third kappa shape index (κ3) is 3.00. The average Bonchev–Trinajstić information content (AvgIpc) is 2.26. The molecule has 1 N–H and O–H groups in total. The van der Waals surface area contributed by atoms with Crippen LogP contribution < -0.4 is 5.32 Å². The second kappa shape index (κ2) is 4.96. The Bertz CT molecular complexity index is 446. The van der Waals surface area contributed by atoms with Gasteiger partial charge in [0.25, 0.3) is 5.91 Å². The topological polar surface area (TPSA) is 38.3 Å². The molecule has 1 amide bonds. The minimum atomic E-state index is -0.149. The Morgan fingerprint density at radius 2 is 2.29 bits per heavy atom. The first-order chi connectivity index (χ1) is 8.00. The van der Waals surface area contributed by atoms with Crippen molar-refractivity contribution in [1.29, 1.82) is 0 Å². The molecule has 0 bridgehead atoms. The lowest BCUT2D eigenvalue weighted by Crippen LogP contribution is -2.48. The van der Waals surface area contributed by atoms with E-state index in [0.717, 1.165) is 4.47 Å². The van der Waals surface area contributed by atoms with Gasteiger partial charge < -0.3 is 10.1 Å². The Morgan fingerprint density at radius 3 is 2.88 bits per heavy atom. The zero-order chi connectivity index (χ0) is 12.5. The van der Waals surface area contributed by atoms with E-state index in [1.807, 2.05) is 0 Å². The van der Waals surface area contributed by atoms with Gasteiger partial charge in [-0.3, -0.25) is 4.79 Å². The van der Waals surface area contributed by atoms with Crippen molar-refractivity contribution in [2.24, 2.45) is 5.41 Å². The van der Waals surface area contributed by atoms with Crippen LogP contribution in [-0.2, 0) is 4.74 Å². The highest BCUT2D eigenvalue weighted by Gasteiger charge is 2.33. The molecule has 1 saturated heterocycles. The summed E-state index contributed by atoms with van der Waals surface area (Å²) in [5.74, 6) is -0.149. The number of nitrogens with one attached hydrogen (secondary N) is 1. The summed E-state index contributed by atoms with van der Waals surface area (Å²) in [5, 5.41) is 3.34. The van der Waals surface area contributed by atoms with E-state index in [1.165, 1.54) is 0 Å². The molecule has 17 heavy (non-hydrogen) atoms. The number of hydrogen-bond donors (Lipinski definition) is 1. The third-order valence-electron chi connectivity index (χ3n) is 2.75. The molecule has 1 aromatic rings. The molecule has 0 atom stereocenters. The van der Waals surface area contributed by atoms with Gasteiger partial charge in [-0.2, -0.15) is 0 Å². The molecule has 5 heteroatoms. The van der Waals surface area contributed by atoms with Gasteiger partial charge in [0.05, 0.1) is 23.8 Å². The summed E-state index contributed by atoms with van der Waals surface area (Å²) < 4.78 is 5.97. The summed E-state index contributed by atoms with van der Waals surface area (Å²) in [6.07, 6.45) is 0. The molecule has 0 aliphatic carbocycles. The molecule has 92 valence electrons. The minimum Gasteiger partial charge on any atom is -0.380 e. The zero-order valence-electron chi connectivity index (χ0n) is 9.43. The summed E-state index contributed by atoms with van der Waals surface area (Å²) in [7, 11) is 0. The maximum Gasteiger partial charge on any atom is 0.252 e. The number of hydrogen-bond acceptors (Lipinski definition) is 2. The first kappa shape index (κ1) is 12.9. The maximum absolute atomic E-state index is 11.9. The Hall–Kier alpha value is -0.580. The molecule has 0 radical (unpaired) electrons. The summed E-state index contributed by atoms with van der Waals surface area (Å²) in [6, 6.07) is 5.23. The Balaban J connectivity index is 2.01. The molecule has 0 aromatic heterocycles. The lowest BCUT2D eigenvalue weighted by atomic mass is 9.88. The number of halogens is 2. The monoisotopic (exact) mass is 317 g/mol. The Morgan fingerprint density at radius 1 is 1.59 bits per heavy atom. The van der Waals surface area contributed by atoms with Crippen molar-refractivity contribution in [2.45, 2.75) is 6.92 Å². The van der Waals surface area contributed by atoms with E-state index < -0.39 is 0 Å². The highest BCUT2D eigenvalue weighted by molar-refractivity contribution is 9.10. The molecule has 0 spiro atoms. The molecule has 2 rings (SSSR count). The molecule has 1 fully saturated rings. The predicted molar refractivity (Wildman–Crippen MR) is 70.4 cm³/mol. The standard InChI is InChI=1S/C12H13BrClNO2/c1-12(6-17-7-12)5-15-11(16)9-4-8(13)2-3-10(9)14/h2-4H,5-7H2,1H3,(H,15,16). The minimum absolute atomic E-state index is 0.0636. The first-order valence-corrected chi connectivity index (χ1v) is 6.48. The molecule has 0 saturated carbocycles. The molecular formula is C12H13BrClNO2. The number of carbonyl (C=O) groups excluding carboxylic acids is 1. The van der Waals surface area contributed by atoms with E-state index in [0.29, 0.717) is 30.3 Å². The van der Waals surface area contributed by atoms with E-state index in [1.54, 1.807) is 18.2 Å². The van der Waals surface area contributed by atoms with Crippen molar-refractivity contribution < 1.29 is 9.53 Å². The Kier molecular flexibility index (Phi) is 3.76. The number of ether oxygens (including phenoxy) is 1. The first-order valence-electron chi connectivity index (χ1n) is 5.31. The molecule has 1 aliphatic heterocycles. The number of amides is 1. The van der Waals surface area contributed by atoms with Gasteiger partial charge in [-0.25, -0.2) is 0 Å². The second-order valence-corrected chi connectivity index (χ2v) is 5.93. The largest absolute Gasteiger partial charge is 0.380 e. The lowest BCUT2D eigenvalue weighted by molar-refractivity contribution is -0.0978. The van der Waals surface area contributed by atoms with Crippen LogP contribution in [-0.4, -0.2) is 25.7 Å². The highest BCUT2D eigenvalue weighted by Crippen LogP contribution is 2.26. The van der Waals surface area contributed by atoms with E-state index in [-0.39, 0.29) is 11.3 Å². The summed E-state index contributed by atoms with van der Waals surface area (Å²) in [4.78, 5) is 11.9. The highest BCUT2D eigenvalue weighted by atomic mass is 79.9. The molecule has 0 unspecified atom stereocenters. The van der Waals surface area contributed by atoms with Gasteiger partial charge in [0, 0.05) is 16.4 Å². The van der Waals surface area contributed by atoms with Crippen molar-refractivity contribution >= 4 is 33.4 Å². The van der Waals surface area contributed by atoms with Crippen LogP contribution in [0, 0.1) is 5.41 Å². The van der Waals surface area contributed by atoms with Crippen LogP contribution >= 0.6 is 27.5 Å². The lowest BCUT2D eigenvalue weighted by Gasteiger charge is -2.38. The van der Waals surface area contributed by atoms with E-state index >= 15 is 0 Å². The predicted octanol–water partition coefficient (Wildman–Crippen LogP) is 2.87. The van der Waals surface area contributed by atoms with Crippen LogP contribution in [0.25, 0.3) is 0 Å². The quantitative estimate of drug-likeness (QED) is 0.930. The van der Waals surface area contributed by atoms with E-state index in [4.69, 9.17) is 16.3 Å². The van der Waals surface area contributed by atoms with E-state index in [2.05, 4.69) is 28.2 Å². The average molecular weight is 319 g/mol. The van der Waals surface area contributed by atoms with Crippen molar-refractivity contribution in [1.82, 2.24) is 5.32 Å². The fourth-order valence-corrected chi connectivity index (χ4v) is 2.18. The van der Waals surface area contributed by atoms with Crippen molar-refractivity contribution in [3.8, 4) is 0 Å². The number of carbonyl (C=O) groups is 1. The number of rotatable bonds is 3. The fraction of sp³-hybridized carbons (Fsp3) is 0.417. The molecule has 1 aromatic carbocycles. The maximum atomic E-state index is 11.9. The molecule has 1 aliphatic rings. The third-order valence-corrected chi connectivity index (χ3v) is 3.57. The number of benzene rings is 1. The molecule has 3 nitrogen and oxygen atoms in total. The van der Waals surface area contributed by atoms with Crippen molar-refractivity contribution in [3.63, 3.8) is 0 Å². The molecular weight excluding hydrogens is 305 g/mol. The van der Waals surface area contributed by atoms with Gasteiger partial charge in [0.1, 0.15) is 0 Å². The van der Waals surface area contributed by atoms with Gasteiger partial charge in [-0.15, -0.1) is 0 Å². The van der Waals surface area contributed by atoms with Crippen LogP contribution in [0.2, 0.25) is 5.02 Å². The van der Waals surface area contributed by atoms with Crippen molar-refractivity contribution in [3.05, 3.63) is 33.3 Å². The SMILES string of the molecule is CC1(CNC(=O)c2cc(Br)ccc2Cl)COC1.